The Morgan fingerprint density at radius 1 is 1.24 bits per heavy atom. The number of nitrogens with zero attached hydrogens (tertiary/aromatic N) is 5. The molecule has 2 aliphatic heterocycles. The summed E-state index contributed by atoms with van der Waals surface area (Å²) >= 11 is 12.8. The van der Waals surface area contributed by atoms with Crippen LogP contribution in [0.4, 0.5) is 21.7 Å². The van der Waals surface area contributed by atoms with Crippen LogP contribution in [-0.2, 0) is 9.53 Å². The number of amides is 1. The average molecular weight is 506 g/mol. The Bertz CT molecular complexity index is 1190. The molecular formula is C22H22Cl2FN7O2. The van der Waals surface area contributed by atoms with E-state index in [1.807, 2.05) is 24.3 Å². The molecule has 1 amide bonds. The first kappa shape index (κ1) is 23.0. The topological polar surface area (TPSA) is 97.2 Å². The third kappa shape index (κ3) is 4.72. The summed E-state index contributed by atoms with van der Waals surface area (Å²) in [6, 6.07) is 6.95. The fourth-order valence-electron chi connectivity index (χ4n) is 4.06. The van der Waals surface area contributed by atoms with Gasteiger partial charge >= 0.3 is 0 Å². The van der Waals surface area contributed by atoms with Gasteiger partial charge in [0.2, 0.25) is 5.95 Å². The molecule has 2 aromatic heterocycles. The molecule has 3 aromatic rings. The van der Waals surface area contributed by atoms with Crippen LogP contribution in [0.15, 0.2) is 36.7 Å². The number of aromatic nitrogens is 4. The van der Waals surface area contributed by atoms with Crippen LogP contribution in [0.3, 0.4) is 0 Å². The molecule has 34 heavy (non-hydrogen) atoms. The fraction of sp³-hybridized carbons (Fsp3) is 0.364. The number of piperidine rings is 1. The maximum atomic E-state index is 14.4. The molecule has 2 atom stereocenters. The Morgan fingerprint density at radius 3 is 2.82 bits per heavy atom. The Morgan fingerprint density at radius 2 is 2.06 bits per heavy atom. The van der Waals surface area contributed by atoms with Crippen molar-refractivity contribution < 1.29 is 13.9 Å². The van der Waals surface area contributed by atoms with Gasteiger partial charge in [-0.1, -0.05) is 23.2 Å². The van der Waals surface area contributed by atoms with Crippen molar-refractivity contribution in [3.63, 3.8) is 0 Å². The number of rotatable bonds is 5. The largest absolute Gasteiger partial charge is 0.370 e. The van der Waals surface area contributed by atoms with E-state index in [2.05, 4.69) is 25.7 Å². The second-order valence-corrected chi connectivity index (χ2v) is 8.81. The number of halogens is 3. The highest BCUT2D eigenvalue weighted by Crippen LogP contribution is 2.34. The minimum atomic E-state index is -1.06. The number of carbonyl (C=O) groups excluding carboxylic acids is 1. The Hall–Kier alpha value is -2.79. The molecule has 0 radical (unpaired) electrons. The van der Waals surface area contributed by atoms with Gasteiger partial charge in [-0.05, 0) is 37.2 Å². The molecular weight excluding hydrogens is 484 g/mol. The summed E-state index contributed by atoms with van der Waals surface area (Å²) in [5, 5.41) is 11.0. The third-order valence-electron chi connectivity index (χ3n) is 5.82. The quantitative estimate of drug-likeness (QED) is 0.546. The van der Waals surface area contributed by atoms with E-state index >= 15 is 0 Å². The average Bonchev–Trinajstić information content (AvgIpc) is 3.22. The summed E-state index contributed by atoms with van der Waals surface area (Å²) in [7, 11) is 0. The van der Waals surface area contributed by atoms with Gasteiger partial charge in [-0.2, -0.15) is 5.10 Å². The minimum Gasteiger partial charge on any atom is -0.370 e. The summed E-state index contributed by atoms with van der Waals surface area (Å²) < 4.78 is 21.1. The SMILES string of the molecule is O=C1COCCN1c1ccc(Nc2ncc(Cl)c(-c3cn([C@H]4CCNC[C@H]4F)nc3Cl)n2)cc1. The first-order chi connectivity index (χ1) is 16.5. The maximum Gasteiger partial charge on any atom is 0.253 e. The molecule has 2 aliphatic rings. The second-order valence-electron chi connectivity index (χ2n) is 8.05. The molecule has 2 fully saturated rings. The van der Waals surface area contributed by atoms with Crippen molar-refractivity contribution in [1.82, 2.24) is 25.1 Å². The first-order valence-electron chi connectivity index (χ1n) is 10.9. The van der Waals surface area contributed by atoms with Crippen molar-refractivity contribution >= 4 is 46.4 Å². The van der Waals surface area contributed by atoms with E-state index < -0.39 is 12.2 Å². The van der Waals surface area contributed by atoms with E-state index in [0.717, 1.165) is 11.4 Å². The van der Waals surface area contributed by atoms with Crippen molar-refractivity contribution in [3.8, 4) is 11.3 Å². The highest BCUT2D eigenvalue weighted by molar-refractivity contribution is 6.35. The Labute approximate surface area is 205 Å². The van der Waals surface area contributed by atoms with Crippen molar-refractivity contribution in [2.75, 3.05) is 43.1 Å². The molecule has 2 N–H and O–H groups in total. The monoisotopic (exact) mass is 505 g/mol. The zero-order chi connectivity index (χ0) is 23.7. The van der Waals surface area contributed by atoms with Crippen molar-refractivity contribution in [2.24, 2.45) is 0 Å². The number of morpholine rings is 1. The third-order valence-corrected chi connectivity index (χ3v) is 6.38. The van der Waals surface area contributed by atoms with Crippen LogP contribution in [-0.4, -0.2) is 64.7 Å². The fourth-order valence-corrected chi connectivity index (χ4v) is 4.48. The van der Waals surface area contributed by atoms with Crippen LogP contribution in [0.5, 0.6) is 0 Å². The number of ether oxygens (including phenoxy) is 1. The molecule has 9 nitrogen and oxygen atoms in total. The van der Waals surface area contributed by atoms with Crippen LogP contribution in [0.2, 0.25) is 10.2 Å². The highest BCUT2D eigenvalue weighted by Gasteiger charge is 2.28. The van der Waals surface area contributed by atoms with Gasteiger partial charge in [0.1, 0.15) is 12.8 Å². The molecule has 0 saturated carbocycles. The molecule has 0 aliphatic carbocycles. The maximum absolute atomic E-state index is 14.4. The number of anilines is 3. The lowest BCUT2D eigenvalue weighted by atomic mass is 10.1. The molecule has 2 saturated heterocycles. The number of nitrogens with one attached hydrogen (secondary N) is 2. The lowest BCUT2D eigenvalue weighted by Gasteiger charge is -2.26. The molecule has 0 spiro atoms. The van der Waals surface area contributed by atoms with Gasteiger partial charge < -0.3 is 20.3 Å². The number of hydrogen-bond donors (Lipinski definition) is 2. The van der Waals surface area contributed by atoms with E-state index in [4.69, 9.17) is 27.9 Å². The van der Waals surface area contributed by atoms with E-state index in [0.29, 0.717) is 48.3 Å². The van der Waals surface area contributed by atoms with Crippen LogP contribution >= 0.6 is 23.2 Å². The molecule has 5 rings (SSSR count). The predicted molar refractivity (Wildman–Crippen MR) is 128 cm³/mol. The van der Waals surface area contributed by atoms with E-state index in [1.165, 1.54) is 6.20 Å². The first-order valence-corrected chi connectivity index (χ1v) is 11.6. The molecule has 0 unspecified atom stereocenters. The molecule has 0 bridgehead atoms. The van der Waals surface area contributed by atoms with Crippen molar-refractivity contribution in [3.05, 3.63) is 46.8 Å². The molecule has 178 valence electrons. The van der Waals surface area contributed by atoms with Gasteiger partial charge in [-0.15, -0.1) is 0 Å². The standard InChI is InChI=1S/C22H22Cl2FN7O2/c23-16-9-27-22(28-13-1-3-14(4-2-13)31-7-8-34-12-19(31)33)29-20(16)15-11-32(30-21(15)24)18-5-6-26-10-17(18)25/h1-4,9,11,17-18,26H,5-8,10,12H2,(H,27,28,29)/t17-,18+/m1/s1. The molecule has 1 aromatic carbocycles. The number of alkyl halides is 1. The van der Waals surface area contributed by atoms with E-state index in [9.17, 15) is 9.18 Å². The Kier molecular flexibility index (Phi) is 6.64. The summed E-state index contributed by atoms with van der Waals surface area (Å²) in [6.45, 7) is 2.10. The van der Waals surface area contributed by atoms with Crippen molar-refractivity contribution in [1.29, 1.82) is 0 Å². The highest BCUT2D eigenvalue weighted by atomic mass is 35.5. The van der Waals surface area contributed by atoms with Crippen LogP contribution < -0.4 is 15.5 Å². The smallest absolute Gasteiger partial charge is 0.253 e. The Balaban J connectivity index is 1.36. The lowest BCUT2D eigenvalue weighted by Crippen LogP contribution is -2.41. The predicted octanol–water partition coefficient (Wildman–Crippen LogP) is 3.63. The second kappa shape index (κ2) is 9.83. The van der Waals surface area contributed by atoms with Gasteiger partial charge in [-0.3, -0.25) is 9.48 Å². The van der Waals surface area contributed by atoms with Gasteiger partial charge in [0.15, 0.2) is 5.15 Å². The van der Waals surface area contributed by atoms with E-state index in [1.54, 1.807) is 15.8 Å². The van der Waals surface area contributed by atoms with Crippen molar-refractivity contribution in [2.45, 2.75) is 18.6 Å². The molecule has 4 heterocycles. The normalized spacial score (nSPS) is 21.0. The van der Waals surface area contributed by atoms with Crippen LogP contribution in [0.1, 0.15) is 12.5 Å². The summed E-state index contributed by atoms with van der Waals surface area (Å²) in [5.41, 5.74) is 2.42. The summed E-state index contributed by atoms with van der Waals surface area (Å²) in [5.74, 6) is 0.238. The van der Waals surface area contributed by atoms with Gasteiger partial charge in [0.25, 0.3) is 5.91 Å². The zero-order valence-corrected chi connectivity index (χ0v) is 19.6. The lowest BCUT2D eigenvalue weighted by molar-refractivity contribution is -0.125. The minimum absolute atomic E-state index is 0.0707. The van der Waals surface area contributed by atoms with Crippen LogP contribution in [0.25, 0.3) is 11.3 Å². The number of benzene rings is 1. The number of carbonyl (C=O) groups is 1. The van der Waals surface area contributed by atoms with E-state index in [-0.39, 0.29) is 24.2 Å². The summed E-state index contributed by atoms with van der Waals surface area (Å²) in [6.07, 6.45) is 2.70. The summed E-state index contributed by atoms with van der Waals surface area (Å²) in [4.78, 5) is 22.5. The van der Waals surface area contributed by atoms with Crippen LogP contribution in [0, 0.1) is 0 Å². The van der Waals surface area contributed by atoms with Gasteiger partial charge in [0, 0.05) is 30.7 Å². The number of hydrogen-bond acceptors (Lipinski definition) is 7. The zero-order valence-electron chi connectivity index (χ0n) is 18.0. The molecule has 12 heteroatoms. The van der Waals surface area contributed by atoms with Gasteiger partial charge in [-0.25, -0.2) is 14.4 Å². The van der Waals surface area contributed by atoms with Gasteiger partial charge in [0.05, 0.1) is 35.1 Å².